The van der Waals surface area contributed by atoms with Crippen LogP contribution in [0, 0.1) is 0 Å². The minimum absolute atomic E-state index is 0.0162. The Bertz CT molecular complexity index is 151. The van der Waals surface area contributed by atoms with Gasteiger partial charge in [-0.2, -0.15) is 0 Å². The van der Waals surface area contributed by atoms with Crippen molar-refractivity contribution in [2.75, 3.05) is 0 Å². The molecule has 1 rings (SSSR count). The van der Waals surface area contributed by atoms with Crippen LogP contribution in [0.5, 0.6) is 0 Å². The molecule has 0 aromatic rings. The third-order valence-electron chi connectivity index (χ3n) is 2.62. The minimum atomic E-state index is -3.92. The fourth-order valence-corrected chi connectivity index (χ4v) is 3.86. The number of hydrogen-bond acceptors (Lipinski definition) is 0. The largest absolute Gasteiger partial charge is 0.431 e. The minimum Gasteiger partial charge on any atom is -0.270 e. The van der Waals surface area contributed by atoms with Crippen LogP contribution in [0.15, 0.2) is 12.7 Å². The van der Waals surface area contributed by atoms with Crippen LogP contribution in [0.3, 0.4) is 0 Å². The van der Waals surface area contributed by atoms with E-state index in [0.717, 1.165) is 32.1 Å². The number of hydrogen-bond donors (Lipinski definition) is 0. The number of allylic oxidation sites excluding steroid dienone is 1. The van der Waals surface area contributed by atoms with Crippen molar-refractivity contribution in [3.05, 3.63) is 12.7 Å². The summed E-state index contributed by atoms with van der Waals surface area (Å²) in [7, 11) is -3.92. The molecule has 0 nitrogen and oxygen atoms in total. The van der Waals surface area contributed by atoms with Gasteiger partial charge in [-0.3, -0.25) is 8.22 Å². The van der Waals surface area contributed by atoms with E-state index in [2.05, 4.69) is 6.58 Å². The average Bonchev–Trinajstić information content (AvgIpc) is 2.06. The fourth-order valence-electron chi connectivity index (χ4n) is 1.88. The smallest absolute Gasteiger partial charge is 0.270 e. The summed E-state index contributed by atoms with van der Waals surface area (Å²) >= 11 is 0. The molecule has 1 saturated carbocycles. The van der Waals surface area contributed by atoms with Gasteiger partial charge in [-0.05, 0) is 12.8 Å². The Morgan fingerprint density at radius 1 is 1.25 bits per heavy atom. The van der Waals surface area contributed by atoms with Gasteiger partial charge < -0.3 is 0 Å². The topological polar surface area (TPSA) is 0 Å². The standard InChI is InChI=1S/C9H16F2Si/c1-2-8-12(10,11)9-6-4-3-5-7-9/h2,9H,1,3-8H2. The highest BCUT2D eigenvalue weighted by Gasteiger charge is 2.43. The van der Waals surface area contributed by atoms with Crippen LogP contribution in [0.2, 0.25) is 11.6 Å². The molecule has 1 aliphatic carbocycles. The van der Waals surface area contributed by atoms with Crippen LogP contribution in [0.25, 0.3) is 0 Å². The van der Waals surface area contributed by atoms with Crippen molar-refractivity contribution in [2.45, 2.75) is 43.7 Å². The highest BCUT2D eigenvalue weighted by atomic mass is 28.4. The van der Waals surface area contributed by atoms with Crippen LogP contribution >= 0.6 is 0 Å². The molecule has 12 heavy (non-hydrogen) atoms. The first-order valence-corrected chi connectivity index (χ1v) is 6.69. The van der Waals surface area contributed by atoms with E-state index in [0.29, 0.717) is 0 Å². The summed E-state index contributed by atoms with van der Waals surface area (Å²) in [6.07, 6.45) is 6.06. The van der Waals surface area contributed by atoms with Gasteiger partial charge in [0.25, 0.3) is 0 Å². The second-order valence-corrected chi connectivity index (χ2v) is 6.34. The second kappa shape index (κ2) is 4.17. The molecule has 0 aliphatic heterocycles. The molecule has 3 heteroatoms. The van der Waals surface area contributed by atoms with E-state index in [1.54, 1.807) is 0 Å². The summed E-state index contributed by atoms with van der Waals surface area (Å²) in [5.74, 6) is 0. The van der Waals surface area contributed by atoms with Gasteiger partial charge in [-0.25, -0.2) is 0 Å². The molecule has 70 valence electrons. The van der Waals surface area contributed by atoms with Crippen molar-refractivity contribution in [3.8, 4) is 0 Å². The monoisotopic (exact) mass is 190 g/mol. The molecule has 1 aliphatic rings. The zero-order valence-electron chi connectivity index (χ0n) is 7.36. The van der Waals surface area contributed by atoms with Gasteiger partial charge in [0.05, 0.1) is 0 Å². The highest BCUT2D eigenvalue weighted by molar-refractivity contribution is 6.68. The summed E-state index contributed by atoms with van der Waals surface area (Å²) in [5.41, 5.74) is -0.246. The molecule has 0 saturated heterocycles. The SMILES string of the molecule is C=CC[Si](F)(F)C1CCCCC1. The fraction of sp³-hybridized carbons (Fsp3) is 0.778. The summed E-state index contributed by atoms with van der Waals surface area (Å²) in [4.78, 5) is 0. The van der Waals surface area contributed by atoms with Crippen molar-refractivity contribution < 1.29 is 8.22 Å². The molecule has 0 spiro atoms. The summed E-state index contributed by atoms with van der Waals surface area (Å²) in [6, 6.07) is -0.0162. The normalized spacial score (nSPS) is 20.8. The molecule has 0 heterocycles. The van der Waals surface area contributed by atoms with Gasteiger partial charge in [-0.1, -0.05) is 25.3 Å². The Morgan fingerprint density at radius 2 is 1.83 bits per heavy atom. The zero-order chi connectivity index (χ0) is 9.03. The molecular formula is C9H16F2Si. The van der Waals surface area contributed by atoms with Crippen molar-refractivity contribution in [1.82, 2.24) is 0 Å². The van der Waals surface area contributed by atoms with Gasteiger partial charge in [0.15, 0.2) is 0 Å². The van der Waals surface area contributed by atoms with Gasteiger partial charge >= 0.3 is 8.74 Å². The predicted octanol–water partition coefficient (Wildman–Crippen LogP) is 3.89. The van der Waals surface area contributed by atoms with Crippen LogP contribution in [-0.2, 0) is 0 Å². The molecule has 1 fully saturated rings. The third kappa shape index (κ3) is 2.40. The lowest BCUT2D eigenvalue weighted by Crippen LogP contribution is -2.30. The first kappa shape index (κ1) is 9.90. The van der Waals surface area contributed by atoms with E-state index in [1.165, 1.54) is 6.08 Å². The third-order valence-corrected chi connectivity index (χ3v) is 5.22. The maximum absolute atomic E-state index is 13.4. The number of rotatable bonds is 3. The molecule has 0 unspecified atom stereocenters. The maximum Gasteiger partial charge on any atom is 0.431 e. The van der Waals surface area contributed by atoms with Crippen LogP contribution in [-0.4, -0.2) is 8.74 Å². The van der Waals surface area contributed by atoms with E-state index in [4.69, 9.17) is 0 Å². The van der Waals surface area contributed by atoms with Crippen LogP contribution < -0.4 is 0 Å². The first-order chi connectivity index (χ1) is 5.67. The first-order valence-electron chi connectivity index (χ1n) is 4.65. The van der Waals surface area contributed by atoms with E-state index >= 15 is 0 Å². The molecular weight excluding hydrogens is 174 g/mol. The highest BCUT2D eigenvalue weighted by Crippen LogP contribution is 2.40. The van der Waals surface area contributed by atoms with Crippen molar-refractivity contribution in [1.29, 1.82) is 0 Å². The van der Waals surface area contributed by atoms with Crippen molar-refractivity contribution >= 4 is 8.74 Å². The zero-order valence-corrected chi connectivity index (χ0v) is 8.36. The van der Waals surface area contributed by atoms with Gasteiger partial charge in [0, 0.05) is 11.6 Å². The summed E-state index contributed by atoms with van der Waals surface area (Å²) in [5, 5.41) is 0. The molecule has 0 amide bonds. The molecule has 0 atom stereocenters. The van der Waals surface area contributed by atoms with Crippen LogP contribution in [0.4, 0.5) is 8.22 Å². The quantitative estimate of drug-likeness (QED) is 0.360. The Hall–Kier alpha value is -0.183. The van der Waals surface area contributed by atoms with E-state index in [1.807, 2.05) is 0 Å². The van der Waals surface area contributed by atoms with Gasteiger partial charge in [-0.15, -0.1) is 6.58 Å². The Kier molecular flexibility index (Phi) is 3.44. The molecule has 0 aromatic carbocycles. The average molecular weight is 190 g/mol. The Balaban J connectivity index is 2.47. The maximum atomic E-state index is 13.4. The Morgan fingerprint density at radius 3 is 2.33 bits per heavy atom. The number of halogens is 2. The van der Waals surface area contributed by atoms with E-state index in [-0.39, 0.29) is 11.6 Å². The predicted molar refractivity (Wildman–Crippen MR) is 49.8 cm³/mol. The van der Waals surface area contributed by atoms with Gasteiger partial charge in [0.2, 0.25) is 0 Å². The lowest BCUT2D eigenvalue weighted by Gasteiger charge is -2.26. The Labute approximate surface area is 74.0 Å². The van der Waals surface area contributed by atoms with E-state index < -0.39 is 8.74 Å². The second-order valence-electron chi connectivity index (χ2n) is 3.59. The summed E-state index contributed by atoms with van der Waals surface area (Å²) < 4.78 is 26.8. The molecule has 0 aromatic heterocycles. The summed E-state index contributed by atoms with van der Waals surface area (Å²) in [6.45, 7) is 3.40. The lowest BCUT2D eigenvalue weighted by molar-refractivity contribution is 0.434. The molecule has 0 radical (unpaired) electrons. The van der Waals surface area contributed by atoms with Gasteiger partial charge in [0.1, 0.15) is 0 Å². The lowest BCUT2D eigenvalue weighted by atomic mass is 10.0. The van der Waals surface area contributed by atoms with Crippen molar-refractivity contribution in [2.24, 2.45) is 0 Å². The van der Waals surface area contributed by atoms with Crippen molar-refractivity contribution in [3.63, 3.8) is 0 Å². The molecule has 0 N–H and O–H groups in total. The molecule has 0 bridgehead atoms. The van der Waals surface area contributed by atoms with E-state index in [9.17, 15) is 8.22 Å². The van der Waals surface area contributed by atoms with Crippen LogP contribution in [0.1, 0.15) is 32.1 Å².